The second-order valence-corrected chi connectivity index (χ2v) is 4.92. The van der Waals surface area contributed by atoms with Crippen LogP contribution in [0.3, 0.4) is 0 Å². The van der Waals surface area contributed by atoms with Crippen molar-refractivity contribution in [1.82, 2.24) is 0 Å². The number of carbonyl (C=O) groups is 2. The molecule has 114 valence electrons. The summed E-state index contributed by atoms with van der Waals surface area (Å²) in [6.45, 7) is 3.42. The Morgan fingerprint density at radius 1 is 0.682 bits per heavy atom. The largest absolute Gasteiger partial charge is 0.449 e. The van der Waals surface area contributed by atoms with E-state index < -0.39 is 24.1 Å². The molecule has 0 bridgehead atoms. The molecule has 0 aliphatic carbocycles. The molecular formula is C18H18O4. The van der Waals surface area contributed by atoms with Crippen LogP contribution < -0.4 is 0 Å². The third kappa shape index (κ3) is 4.19. The predicted octanol–water partition coefficient (Wildman–Crippen LogP) is 3.60. The fourth-order valence-electron chi connectivity index (χ4n) is 2.00. The number of ether oxygens (including phenoxy) is 2. The molecule has 4 heteroatoms. The number of benzene rings is 2. The van der Waals surface area contributed by atoms with Gasteiger partial charge in [0, 0.05) is 0 Å². The van der Waals surface area contributed by atoms with Gasteiger partial charge in [0.2, 0.25) is 0 Å². The van der Waals surface area contributed by atoms with Crippen molar-refractivity contribution in [2.24, 2.45) is 0 Å². The minimum absolute atomic E-state index is 0.506. The zero-order valence-electron chi connectivity index (χ0n) is 12.6. The van der Waals surface area contributed by atoms with Gasteiger partial charge in [0.05, 0.1) is 0 Å². The van der Waals surface area contributed by atoms with E-state index in [0.717, 1.165) is 11.1 Å². The summed E-state index contributed by atoms with van der Waals surface area (Å²) in [6.07, 6.45) is -1.01. The maximum atomic E-state index is 11.8. The maximum absolute atomic E-state index is 11.8. The Labute approximate surface area is 129 Å². The molecule has 0 spiro atoms. The van der Waals surface area contributed by atoms with Crippen LogP contribution in [-0.4, -0.2) is 11.9 Å². The smallest absolute Gasteiger partial charge is 0.418 e. The normalized spacial score (nSPS) is 13.0. The molecular weight excluding hydrogens is 280 g/mol. The Hall–Kier alpha value is -2.62. The van der Waals surface area contributed by atoms with E-state index in [-0.39, 0.29) is 0 Å². The average molecular weight is 298 g/mol. The topological polar surface area (TPSA) is 52.6 Å². The van der Waals surface area contributed by atoms with Gasteiger partial charge >= 0.3 is 11.9 Å². The number of carbonyl (C=O) groups excluding carboxylic acids is 2. The third-order valence-electron chi connectivity index (χ3n) is 3.27. The summed E-state index contributed by atoms with van der Waals surface area (Å²) in [7, 11) is 0. The summed E-state index contributed by atoms with van der Waals surface area (Å²) in [4.78, 5) is 23.6. The van der Waals surface area contributed by atoms with Gasteiger partial charge in [-0.25, -0.2) is 9.59 Å². The molecule has 0 aliphatic rings. The molecule has 2 atom stereocenters. The lowest BCUT2D eigenvalue weighted by molar-refractivity contribution is -0.173. The molecule has 22 heavy (non-hydrogen) atoms. The third-order valence-corrected chi connectivity index (χ3v) is 3.27. The average Bonchev–Trinajstić information content (AvgIpc) is 2.56. The summed E-state index contributed by atoms with van der Waals surface area (Å²) < 4.78 is 10.2. The van der Waals surface area contributed by atoms with Crippen LogP contribution in [0.1, 0.15) is 37.2 Å². The van der Waals surface area contributed by atoms with Crippen LogP contribution in [0.4, 0.5) is 0 Å². The molecule has 0 N–H and O–H groups in total. The first-order valence-electron chi connectivity index (χ1n) is 7.09. The molecule has 0 aliphatic heterocycles. The standard InChI is InChI=1S/C18H18O4/c1-13(15-9-5-3-6-10-15)21-17(19)18(20)22-14(2)16-11-7-4-8-12-16/h3-14H,1-2H3. The van der Waals surface area contributed by atoms with Crippen LogP contribution in [0.5, 0.6) is 0 Å². The Bertz CT molecular complexity index is 565. The van der Waals surface area contributed by atoms with Gasteiger partial charge in [-0.3, -0.25) is 0 Å². The minimum atomic E-state index is -0.987. The van der Waals surface area contributed by atoms with E-state index in [1.54, 1.807) is 13.8 Å². The minimum Gasteiger partial charge on any atom is -0.449 e. The summed E-state index contributed by atoms with van der Waals surface area (Å²) in [5.41, 5.74) is 1.64. The first kappa shape index (κ1) is 15.8. The highest BCUT2D eigenvalue weighted by molar-refractivity contribution is 6.29. The number of rotatable bonds is 4. The van der Waals surface area contributed by atoms with Gasteiger partial charge in [-0.1, -0.05) is 60.7 Å². The second kappa shape index (κ2) is 7.41. The summed E-state index contributed by atoms with van der Waals surface area (Å²) in [5, 5.41) is 0. The monoisotopic (exact) mass is 298 g/mol. The van der Waals surface area contributed by atoms with Crippen molar-refractivity contribution in [3.8, 4) is 0 Å². The van der Waals surface area contributed by atoms with Crippen LogP contribution in [0.2, 0.25) is 0 Å². The zero-order valence-corrected chi connectivity index (χ0v) is 12.6. The van der Waals surface area contributed by atoms with Crippen molar-refractivity contribution in [3.05, 3.63) is 71.8 Å². The highest BCUT2D eigenvalue weighted by Crippen LogP contribution is 2.19. The lowest BCUT2D eigenvalue weighted by atomic mass is 10.1. The van der Waals surface area contributed by atoms with Gasteiger partial charge in [-0.05, 0) is 25.0 Å². The lowest BCUT2D eigenvalue weighted by Gasteiger charge is -2.15. The molecule has 0 fully saturated rings. The Morgan fingerprint density at radius 3 is 1.32 bits per heavy atom. The van der Waals surface area contributed by atoms with Crippen molar-refractivity contribution in [3.63, 3.8) is 0 Å². The number of esters is 2. The van der Waals surface area contributed by atoms with Crippen molar-refractivity contribution in [2.45, 2.75) is 26.1 Å². The summed E-state index contributed by atoms with van der Waals surface area (Å²) >= 11 is 0. The van der Waals surface area contributed by atoms with E-state index >= 15 is 0 Å². The molecule has 0 aromatic heterocycles. The van der Waals surface area contributed by atoms with E-state index in [1.165, 1.54) is 0 Å². The van der Waals surface area contributed by atoms with E-state index in [4.69, 9.17) is 9.47 Å². The fraction of sp³-hybridized carbons (Fsp3) is 0.222. The molecule has 0 radical (unpaired) electrons. The van der Waals surface area contributed by atoms with E-state index in [2.05, 4.69) is 0 Å². The van der Waals surface area contributed by atoms with E-state index in [9.17, 15) is 9.59 Å². The SMILES string of the molecule is CC(OC(=O)C(=O)OC(C)c1ccccc1)c1ccccc1. The zero-order chi connectivity index (χ0) is 15.9. The van der Waals surface area contributed by atoms with Crippen molar-refractivity contribution < 1.29 is 19.1 Å². The van der Waals surface area contributed by atoms with Gasteiger partial charge in [0.15, 0.2) is 0 Å². The van der Waals surface area contributed by atoms with Gasteiger partial charge < -0.3 is 9.47 Å². The number of hydrogen-bond acceptors (Lipinski definition) is 4. The predicted molar refractivity (Wildman–Crippen MR) is 81.9 cm³/mol. The lowest BCUT2D eigenvalue weighted by Crippen LogP contribution is -2.23. The molecule has 2 aromatic rings. The Balaban J connectivity index is 1.91. The maximum Gasteiger partial charge on any atom is 0.418 e. The highest BCUT2D eigenvalue weighted by Gasteiger charge is 2.23. The van der Waals surface area contributed by atoms with Crippen LogP contribution in [0.15, 0.2) is 60.7 Å². The molecule has 0 saturated carbocycles. The number of hydrogen-bond donors (Lipinski definition) is 0. The fourth-order valence-corrected chi connectivity index (χ4v) is 2.00. The molecule has 0 heterocycles. The van der Waals surface area contributed by atoms with E-state index in [1.807, 2.05) is 60.7 Å². The van der Waals surface area contributed by atoms with Crippen molar-refractivity contribution in [2.75, 3.05) is 0 Å². The quantitative estimate of drug-likeness (QED) is 0.639. The van der Waals surface area contributed by atoms with Crippen molar-refractivity contribution >= 4 is 11.9 Å². The van der Waals surface area contributed by atoms with Crippen LogP contribution in [-0.2, 0) is 19.1 Å². The molecule has 2 unspecified atom stereocenters. The molecule has 0 amide bonds. The van der Waals surface area contributed by atoms with Crippen LogP contribution >= 0.6 is 0 Å². The van der Waals surface area contributed by atoms with Crippen molar-refractivity contribution in [1.29, 1.82) is 0 Å². The second-order valence-electron chi connectivity index (χ2n) is 4.92. The van der Waals surface area contributed by atoms with Crippen LogP contribution in [0, 0.1) is 0 Å². The Kier molecular flexibility index (Phi) is 5.31. The summed E-state index contributed by atoms with van der Waals surface area (Å²) in [6, 6.07) is 18.4. The first-order valence-corrected chi connectivity index (χ1v) is 7.09. The van der Waals surface area contributed by atoms with Crippen LogP contribution in [0.25, 0.3) is 0 Å². The molecule has 4 nitrogen and oxygen atoms in total. The molecule has 0 saturated heterocycles. The Morgan fingerprint density at radius 2 is 1.00 bits per heavy atom. The highest BCUT2D eigenvalue weighted by atomic mass is 16.6. The van der Waals surface area contributed by atoms with Gasteiger partial charge in [0.25, 0.3) is 0 Å². The van der Waals surface area contributed by atoms with Gasteiger partial charge in [0.1, 0.15) is 12.2 Å². The van der Waals surface area contributed by atoms with E-state index in [0.29, 0.717) is 0 Å². The summed E-state index contributed by atoms with van der Waals surface area (Å²) in [5.74, 6) is -1.97. The first-order chi connectivity index (χ1) is 10.6. The molecule has 2 rings (SSSR count). The molecule has 2 aromatic carbocycles. The van der Waals surface area contributed by atoms with Gasteiger partial charge in [-0.2, -0.15) is 0 Å². The van der Waals surface area contributed by atoms with Gasteiger partial charge in [-0.15, -0.1) is 0 Å².